The van der Waals surface area contributed by atoms with Crippen LogP contribution in [0.2, 0.25) is 0 Å². The Hall–Kier alpha value is -3.01. The molecule has 1 fully saturated rings. The van der Waals surface area contributed by atoms with Crippen LogP contribution in [0.15, 0.2) is 29.6 Å². The number of nitrogens with zero attached hydrogens (tertiary/aromatic N) is 5. The van der Waals surface area contributed by atoms with Gasteiger partial charge < -0.3 is 19.7 Å². The number of carbonyl (C=O) groups is 1. The molecule has 1 aliphatic rings. The van der Waals surface area contributed by atoms with Gasteiger partial charge in [-0.25, -0.2) is 14.6 Å². The molecule has 4 rings (SSSR count). The molecule has 0 saturated carbocycles. The summed E-state index contributed by atoms with van der Waals surface area (Å²) >= 11 is 1.67. The molecule has 0 spiro atoms. The van der Waals surface area contributed by atoms with E-state index in [-0.39, 0.29) is 5.91 Å². The number of thioether (sulfide) groups is 1. The normalized spacial score (nSPS) is 13.5. The lowest BCUT2D eigenvalue weighted by Gasteiger charge is -2.18. The number of hydrogen-bond donors (Lipinski definition) is 1. The van der Waals surface area contributed by atoms with Crippen LogP contribution in [0.25, 0.3) is 11.0 Å². The lowest BCUT2D eigenvalue weighted by atomic mass is 10.1. The highest BCUT2D eigenvalue weighted by Gasteiger charge is 2.21. The molecule has 0 atom stereocenters. The van der Waals surface area contributed by atoms with Crippen molar-refractivity contribution in [3.8, 4) is 11.5 Å². The first-order valence-corrected chi connectivity index (χ1v) is 12.2. The molecule has 1 aromatic carbocycles. The van der Waals surface area contributed by atoms with E-state index in [4.69, 9.17) is 19.4 Å². The maximum Gasteiger partial charge on any atom is 0.255 e. The van der Waals surface area contributed by atoms with Gasteiger partial charge in [0.25, 0.3) is 5.91 Å². The van der Waals surface area contributed by atoms with E-state index in [1.165, 1.54) is 20.0 Å². The van der Waals surface area contributed by atoms with E-state index in [1.807, 2.05) is 10.9 Å². The molecule has 0 radical (unpaired) electrons. The molecule has 0 bridgehead atoms. The Labute approximate surface area is 197 Å². The number of rotatable bonds is 10. The van der Waals surface area contributed by atoms with E-state index in [0.717, 1.165) is 47.3 Å². The van der Waals surface area contributed by atoms with Crippen molar-refractivity contribution < 1.29 is 14.3 Å². The Morgan fingerprint density at radius 2 is 2.00 bits per heavy atom. The molecule has 9 nitrogen and oxygen atoms in total. The molecule has 0 aliphatic carbocycles. The molecule has 3 aromatic rings. The number of ether oxygens (including phenoxy) is 2. The van der Waals surface area contributed by atoms with Crippen LogP contribution < -0.4 is 19.7 Å². The number of amides is 1. The highest BCUT2D eigenvalue weighted by atomic mass is 32.2. The van der Waals surface area contributed by atoms with Crippen LogP contribution in [-0.4, -0.2) is 65.3 Å². The Bertz CT molecular complexity index is 1110. The Balaban J connectivity index is 1.50. The van der Waals surface area contributed by atoms with Gasteiger partial charge in [-0.15, -0.1) is 0 Å². The van der Waals surface area contributed by atoms with Crippen molar-refractivity contribution >= 4 is 34.5 Å². The predicted octanol–water partition coefficient (Wildman–Crippen LogP) is 3.38. The Morgan fingerprint density at radius 1 is 1.18 bits per heavy atom. The molecular formula is C23H30N6O3S. The number of nitrogens with one attached hydrogen (secondary N) is 1. The second-order valence-corrected chi connectivity index (χ2v) is 8.86. The van der Waals surface area contributed by atoms with Gasteiger partial charge in [0.1, 0.15) is 17.3 Å². The maximum absolute atomic E-state index is 12.7. The smallest absolute Gasteiger partial charge is 0.255 e. The number of anilines is 1. The van der Waals surface area contributed by atoms with Crippen molar-refractivity contribution in [2.75, 3.05) is 44.5 Å². The van der Waals surface area contributed by atoms with Crippen molar-refractivity contribution in [3.63, 3.8) is 0 Å². The molecule has 2 aromatic heterocycles. The van der Waals surface area contributed by atoms with Crippen LogP contribution in [0.1, 0.15) is 36.5 Å². The first-order valence-electron chi connectivity index (χ1n) is 11.3. The monoisotopic (exact) mass is 470 g/mol. The Kier molecular flexibility index (Phi) is 7.54. The summed E-state index contributed by atoms with van der Waals surface area (Å²) in [5.41, 5.74) is 1.27. The SMILES string of the molecule is CCCSc1nc(N2CCCC2)c2cnn(CCNC(=O)c3ccc(OC)cc3OC)c2n1. The average molecular weight is 471 g/mol. The average Bonchev–Trinajstić information content (AvgIpc) is 3.52. The number of fused-ring (bicyclic) bond motifs is 1. The second kappa shape index (κ2) is 10.7. The maximum atomic E-state index is 12.7. The lowest BCUT2D eigenvalue weighted by Crippen LogP contribution is -2.28. The van der Waals surface area contributed by atoms with E-state index < -0.39 is 0 Å². The summed E-state index contributed by atoms with van der Waals surface area (Å²) in [4.78, 5) is 24.7. The molecular weight excluding hydrogens is 440 g/mol. The molecule has 0 unspecified atom stereocenters. The fourth-order valence-electron chi connectivity index (χ4n) is 3.87. The molecule has 3 heterocycles. The number of carbonyl (C=O) groups excluding carboxylic acids is 1. The molecule has 176 valence electrons. The zero-order valence-electron chi connectivity index (χ0n) is 19.3. The van der Waals surface area contributed by atoms with E-state index in [0.29, 0.717) is 30.2 Å². The largest absolute Gasteiger partial charge is 0.497 e. The first kappa shape index (κ1) is 23.2. The summed E-state index contributed by atoms with van der Waals surface area (Å²) in [5, 5.41) is 9.25. The zero-order valence-corrected chi connectivity index (χ0v) is 20.2. The van der Waals surface area contributed by atoms with Crippen molar-refractivity contribution in [2.24, 2.45) is 0 Å². The quantitative estimate of drug-likeness (QED) is 0.356. The molecule has 10 heteroatoms. The summed E-state index contributed by atoms with van der Waals surface area (Å²) in [6.07, 6.45) is 5.26. The molecule has 1 aliphatic heterocycles. The van der Waals surface area contributed by atoms with Gasteiger partial charge in [-0.2, -0.15) is 5.10 Å². The van der Waals surface area contributed by atoms with Crippen molar-refractivity contribution in [2.45, 2.75) is 37.9 Å². The fraction of sp³-hybridized carbons (Fsp3) is 0.478. The van der Waals surface area contributed by atoms with E-state index in [2.05, 4.69) is 22.2 Å². The molecule has 1 amide bonds. The Morgan fingerprint density at radius 3 is 2.73 bits per heavy atom. The minimum Gasteiger partial charge on any atom is -0.497 e. The van der Waals surface area contributed by atoms with Gasteiger partial charge in [0, 0.05) is 31.5 Å². The standard InChI is InChI=1S/C23H30N6O3S/c1-4-13-33-23-26-20(28-10-5-6-11-28)18-15-25-29(21(18)27-23)12-9-24-22(30)17-8-7-16(31-2)14-19(17)32-3/h7-8,14-15H,4-6,9-13H2,1-3H3,(H,24,30). The minimum absolute atomic E-state index is 0.211. The van der Waals surface area contributed by atoms with Crippen LogP contribution >= 0.6 is 11.8 Å². The topological polar surface area (TPSA) is 94.4 Å². The van der Waals surface area contributed by atoms with Gasteiger partial charge in [0.15, 0.2) is 10.8 Å². The lowest BCUT2D eigenvalue weighted by molar-refractivity contribution is 0.0949. The van der Waals surface area contributed by atoms with Gasteiger partial charge in [0.2, 0.25) is 0 Å². The summed E-state index contributed by atoms with van der Waals surface area (Å²) in [5.74, 6) is 2.83. The molecule has 33 heavy (non-hydrogen) atoms. The zero-order chi connectivity index (χ0) is 23.2. The fourth-order valence-corrected chi connectivity index (χ4v) is 4.56. The van der Waals surface area contributed by atoms with E-state index >= 15 is 0 Å². The van der Waals surface area contributed by atoms with E-state index in [1.54, 1.807) is 37.1 Å². The second-order valence-electron chi connectivity index (χ2n) is 7.80. The predicted molar refractivity (Wildman–Crippen MR) is 130 cm³/mol. The molecule has 1 N–H and O–H groups in total. The van der Waals surface area contributed by atoms with Crippen LogP contribution in [0.4, 0.5) is 5.82 Å². The third-order valence-electron chi connectivity index (χ3n) is 5.56. The highest BCUT2D eigenvalue weighted by molar-refractivity contribution is 7.99. The minimum atomic E-state index is -0.211. The molecule has 1 saturated heterocycles. The summed E-state index contributed by atoms with van der Waals surface area (Å²) in [6.45, 7) is 5.08. The third kappa shape index (κ3) is 5.16. The first-order chi connectivity index (χ1) is 16.1. The summed E-state index contributed by atoms with van der Waals surface area (Å²) < 4.78 is 12.4. The van der Waals surface area contributed by atoms with Gasteiger partial charge in [-0.3, -0.25) is 4.79 Å². The van der Waals surface area contributed by atoms with Crippen LogP contribution in [0, 0.1) is 0 Å². The van der Waals surface area contributed by atoms with Crippen LogP contribution in [0.3, 0.4) is 0 Å². The van der Waals surface area contributed by atoms with Crippen molar-refractivity contribution in [1.29, 1.82) is 0 Å². The van der Waals surface area contributed by atoms with Crippen LogP contribution in [0.5, 0.6) is 11.5 Å². The number of benzene rings is 1. The summed E-state index contributed by atoms with van der Waals surface area (Å²) in [7, 11) is 3.11. The number of hydrogen-bond acceptors (Lipinski definition) is 8. The summed E-state index contributed by atoms with van der Waals surface area (Å²) in [6, 6.07) is 5.13. The highest BCUT2D eigenvalue weighted by Crippen LogP contribution is 2.29. The third-order valence-corrected chi connectivity index (χ3v) is 6.61. The number of methoxy groups -OCH3 is 2. The van der Waals surface area contributed by atoms with Gasteiger partial charge >= 0.3 is 0 Å². The van der Waals surface area contributed by atoms with Crippen molar-refractivity contribution in [1.82, 2.24) is 25.1 Å². The van der Waals surface area contributed by atoms with Crippen LogP contribution in [-0.2, 0) is 6.54 Å². The van der Waals surface area contributed by atoms with Crippen molar-refractivity contribution in [3.05, 3.63) is 30.0 Å². The number of aromatic nitrogens is 4. The van der Waals surface area contributed by atoms with Gasteiger partial charge in [0.05, 0.1) is 37.9 Å². The van der Waals surface area contributed by atoms with Gasteiger partial charge in [-0.05, 0) is 31.4 Å². The van der Waals surface area contributed by atoms with Gasteiger partial charge in [-0.1, -0.05) is 18.7 Å². The van der Waals surface area contributed by atoms with E-state index in [9.17, 15) is 4.79 Å².